The predicted octanol–water partition coefficient (Wildman–Crippen LogP) is 3.07. The van der Waals surface area contributed by atoms with Gasteiger partial charge >= 0.3 is 0 Å². The lowest BCUT2D eigenvalue weighted by Crippen LogP contribution is -2.32. The number of nitrogens with zero attached hydrogens (tertiary/aromatic N) is 1. The number of aryl methyl sites for hydroxylation is 2. The van der Waals surface area contributed by atoms with E-state index in [0.717, 1.165) is 21.4 Å². The molecule has 29 heavy (non-hydrogen) atoms. The molecule has 7 nitrogen and oxygen atoms in total. The number of carbonyl (C=O) groups excluding carboxylic acids is 1. The summed E-state index contributed by atoms with van der Waals surface area (Å²) in [5.74, 6) is 0.633. The summed E-state index contributed by atoms with van der Waals surface area (Å²) in [4.78, 5) is 30.9. The van der Waals surface area contributed by atoms with Gasteiger partial charge in [-0.2, -0.15) is 4.73 Å². The normalized spacial score (nSPS) is 11.9. The number of aromatic nitrogens is 1. The summed E-state index contributed by atoms with van der Waals surface area (Å²) in [5.41, 5.74) is 3.11. The van der Waals surface area contributed by atoms with Gasteiger partial charge in [0.05, 0.1) is 0 Å². The van der Waals surface area contributed by atoms with Crippen molar-refractivity contribution in [1.29, 1.82) is 0 Å². The highest BCUT2D eigenvalue weighted by molar-refractivity contribution is 6.04. The lowest BCUT2D eigenvalue weighted by Gasteiger charge is -2.12. The van der Waals surface area contributed by atoms with Crippen LogP contribution in [0.3, 0.4) is 0 Å². The van der Waals surface area contributed by atoms with Crippen molar-refractivity contribution in [2.75, 3.05) is 12.1 Å². The van der Waals surface area contributed by atoms with E-state index in [1.54, 1.807) is 24.3 Å². The zero-order chi connectivity index (χ0) is 20.4. The summed E-state index contributed by atoms with van der Waals surface area (Å²) in [6, 6.07) is 14.1. The van der Waals surface area contributed by atoms with Crippen LogP contribution >= 0.6 is 0 Å². The van der Waals surface area contributed by atoms with Crippen molar-refractivity contribution < 1.29 is 19.1 Å². The van der Waals surface area contributed by atoms with E-state index in [0.29, 0.717) is 17.2 Å². The van der Waals surface area contributed by atoms with Gasteiger partial charge in [-0.1, -0.05) is 23.8 Å². The lowest BCUT2D eigenvalue weighted by atomic mass is 10.1. The van der Waals surface area contributed by atoms with Crippen molar-refractivity contribution in [3.63, 3.8) is 0 Å². The molecule has 7 heteroatoms. The number of ether oxygens (including phenoxy) is 2. The van der Waals surface area contributed by atoms with Crippen LogP contribution in [0.2, 0.25) is 0 Å². The maximum atomic E-state index is 12.7. The van der Waals surface area contributed by atoms with Crippen LogP contribution in [0.15, 0.2) is 59.5 Å². The Morgan fingerprint density at radius 2 is 1.93 bits per heavy atom. The minimum Gasteiger partial charge on any atom is -0.454 e. The van der Waals surface area contributed by atoms with Crippen LogP contribution in [0.1, 0.15) is 27.0 Å². The molecule has 0 bridgehead atoms. The largest absolute Gasteiger partial charge is 0.454 e. The summed E-state index contributed by atoms with van der Waals surface area (Å²) in [5, 5.41) is 2.70. The number of carbonyl (C=O) groups is 1. The fourth-order valence-corrected chi connectivity index (χ4v) is 3.02. The fraction of sp³-hybridized carbons (Fsp3) is 0.182. The van der Waals surface area contributed by atoms with E-state index in [2.05, 4.69) is 5.32 Å². The highest BCUT2D eigenvalue weighted by Crippen LogP contribution is 2.34. The number of nitrogens with one attached hydrogen (secondary N) is 1. The summed E-state index contributed by atoms with van der Waals surface area (Å²) in [7, 11) is 0. The SMILES string of the molecule is Cc1ccc(C)c(COn2cccc(C(=O)Nc3ccc4c(c3)OCO4)c2=O)c1. The number of hydrogen-bond donors (Lipinski definition) is 1. The molecular formula is C22H20N2O5. The second-order valence-electron chi connectivity index (χ2n) is 6.78. The molecule has 0 saturated heterocycles. The summed E-state index contributed by atoms with van der Waals surface area (Å²) in [6.45, 7) is 4.35. The number of hydrogen-bond acceptors (Lipinski definition) is 5. The molecule has 0 radical (unpaired) electrons. The molecule has 0 saturated carbocycles. The Morgan fingerprint density at radius 1 is 1.10 bits per heavy atom. The average Bonchev–Trinajstić information content (AvgIpc) is 3.17. The summed E-state index contributed by atoms with van der Waals surface area (Å²) >= 11 is 0. The van der Waals surface area contributed by atoms with E-state index in [4.69, 9.17) is 14.3 Å². The molecule has 148 valence electrons. The third kappa shape index (κ3) is 3.94. The van der Waals surface area contributed by atoms with Gasteiger partial charge in [0.15, 0.2) is 11.5 Å². The van der Waals surface area contributed by atoms with Crippen molar-refractivity contribution in [3.05, 3.63) is 87.3 Å². The van der Waals surface area contributed by atoms with E-state index >= 15 is 0 Å². The summed E-state index contributed by atoms with van der Waals surface area (Å²) in [6.07, 6.45) is 1.49. The van der Waals surface area contributed by atoms with E-state index in [1.807, 2.05) is 32.0 Å². The standard InChI is InChI=1S/C22H20N2O5/c1-14-5-6-15(2)16(10-14)12-29-24-9-3-4-18(22(24)26)21(25)23-17-7-8-19-20(11-17)28-13-27-19/h3-11H,12-13H2,1-2H3,(H,23,25). The molecule has 0 spiro atoms. The van der Waals surface area contributed by atoms with Gasteiger partial charge in [0.25, 0.3) is 11.5 Å². The number of anilines is 1. The van der Waals surface area contributed by atoms with Crippen molar-refractivity contribution in [2.45, 2.75) is 20.5 Å². The Labute approximate surface area is 167 Å². The maximum Gasteiger partial charge on any atom is 0.295 e. The molecule has 1 N–H and O–H groups in total. The zero-order valence-corrected chi connectivity index (χ0v) is 16.1. The first-order valence-corrected chi connectivity index (χ1v) is 9.13. The van der Waals surface area contributed by atoms with E-state index in [9.17, 15) is 9.59 Å². The van der Waals surface area contributed by atoms with Gasteiger partial charge < -0.3 is 19.6 Å². The molecule has 2 heterocycles. The van der Waals surface area contributed by atoms with Crippen LogP contribution in [0, 0.1) is 13.8 Å². The second kappa shape index (κ2) is 7.71. The molecule has 0 aliphatic carbocycles. The molecule has 3 aromatic rings. The predicted molar refractivity (Wildman–Crippen MR) is 107 cm³/mol. The van der Waals surface area contributed by atoms with Crippen LogP contribution in [0.4, 0.5) is 5.69 Å². The molecule has 4 rings (SSSR count). The minimum absolute atomic E-state index is 0.0221. The third-order valence-electron chi connectivity index (χ3n) is 4.65. The van der Waals surface area contributed by atoms with Gasteiger partial charge in [0, 0.05) is 18.0 Å². The van der Waals surface area contributed by atoms with Crippen LogP contribution in [0.25, 0.3) is 0 Å². The number of rotatable bonds is 5. The Kier molecular flexibility index (Phi) is 4.95. The maximum absolute atomic E-state index is 12.7. The molecule has 0 fully saturated rings. The number of fused-ring (bicyclic) bond motifs is 1. The van der Waals surface area contributed by atoms with Crippen molar-refractivity contribution >= 4 is 11.6 Å². The van der Waals surface area contributed by atoms with Crippen molar-refractivity contribution in [3.8, 4) is 11.5 Å². The second-order valence-corrected chi connectivity index (χ2v) is 6.78. The van der Waals surface area contributed by atoms with Crippen LogP contribution < -0.4 is 25.2 Å². The van der Waals surface area contributed by atoms with Crippen molar-refractivity contribution in [1.82, 2.24) is 4.73 Å². The minimum atomic E-state index is -0.531. The highest BCUT2D eigenvalue weighted by atomic mass is 16.7. The molecule has 1 aromatic heterocycles. The highest BCUT2D eigenvalue weighted by Gasteiger charge is 2.17. The average molecular weight is 392 g/mol. The molecule has 2 aromatic carbocycles. The van der Waals surface area contributed by atoms with Gasteiger partial charge in [-0.15, -0.1) is 0 Å². The van der Waals surface area contributed by atoms with Gasteiger partial charge in [0.2, 0.25) is 6.79 Å². The number of benzene rings is 2. The first-order valence-electron chi connectivity index (χ1n) is 9.13. The smallest absolute Gasteiger partial charge is 0.295 e. The van der Waals surface area contributed by atoms with Gasteiger partial charge in [-0.05, 0) is 49.2 Å². The molecule has 0 unspecified atom stereocenters. The zero-order valence-electron chi connectivity index (χ0n) is 16.1. The van der Waals surface area contributed by atoms with Gasteiger partial charge in [-0.25, -0.2) is 0 Å². The Balaban J connectivity index is 1.50. The lowest BCUT2D eigenvalue weighted by molar-refractivity contribution is 0.0860. The first kappa shape index (κ1) is 18.6. The van der Waals surface area contributed by atoms with Crippen molar-refractivity contribution in [2.24, 2.45) is 0 Å². The summed E-state index contributed by atoms with van der Waals surface area (Å²) < 4.78 is 11.6. The van der Waals surface area contributed by atoms with Crippen LogP contribution in [0.5, 0.6) is 11.5 Å². The Hall–Kier alpha value is -3.74. The number of pyridine rings is 1. The van der Waals surface area contributed by atoms with E-state index in [-0.39, 0.29) is 19.0 Å². The fourth-order valence-electron chi connectivity index (χ4n) is 3.02. The van der Waals surface area contributed by atoms with Gasteiger partial charge in [0.1, 0.15) is 12.2 Å². The molecule has 1 amide bonds. The molecule has 1 aliphatic rings. The van der Waals surface area contributed by atoms with E-state index in [1.165, 1.54) is 12.3 Å². The molecule has 0 atom stereocenters. The Morgan fingerprint density at radius 3 is 2.79 bits per heavy atom. The van der Waals surface area contributed by atoms with E-state index < -0.39 is 11.5 Å². The first-order chi connectivity index (χ1) is 14.0. The third-order valence-corrected chi connectivity index (χ3v) is 4.65. The van der Waals surface area contributed by atoms with Crippen LogP contribution in [-0.2, 0) is 6.61 Å². The Bertz CT molecular complexity index is 1140. The molecular weight excluding hydrogens is 372 g/mol. The van der Waals surface area contributed by atoms with Crippen LogP contribution in [-0.4, -0.2) is 17.4 Å². The number of amides is 1. The van der Waals surface area contributed by atoms with Gasteiger partial charge in [-0.3, -0.25) is 9.59 Å². The topological polar surface area (TPSA) is 78.8 Å². The quantitative estimate of drug-likeness (QED) is 0.722. The molecule has 1 aliphatic heterocycles. The monoisotopic (exact) mass is 392 g/mol.